The van der Waals surface area contributed by atoms with Crippen molar-refractivity contribution in [3.05, 3.63) is 28.2 Å². The highest BCUT2D eigenvalue weighted by Gasteiger charge is 2.30. The number of nitrogens with two attached hydrogens (primary N) is 1. The molecule has 1 aromatic rings. The van der Waals surface area contributed by atoms with Gasteiger partial charge in [-0.05, 0) is 31.4 Å². The molecule has 3 heteroatoms. The lowest BCUT2D eigenvalue weighted by atomic mass is 10.1. The molecule has 94 valence electrons. The van der Waals surface area contributed by atoms with Crippen molar-refractivity contribution in [2.24, 2.45) is 5.73 Å². The standard InChI is InChI=1S/C14H21BrN2/c1-2-3-9-17(11-7-8-11)14-6-4-5-13(15)12(14)10-16/h4-6,11H,2-3,7-10,16H2,1H3. The molecule has 2 nitrogen and oxygen atoms in total. The first-order valence-corrected chi connectivity index (χ1v) is 7.31. The SMILES string of the molecule is CCCCN(c1cccc(Br)c1CN)C1CC1. The Kier molecular flexibility index (Phi) is 4.46. The topological polar surface area (TPSA) is 29.3 Å². The maximum atomic E-state index is 5.88. The van der Waals surface area contributed by atoms with Crippen molar-refractivity contribution in [2.45, 2.75) is 45.2 Å². The van der Waals surface area contributed by atoms with Gasteiger partial charge >= 0.3 is 0 Å². The Balaban J connectivity index is 2.25. The maximum absolute atomic E-state index is 5.88. The first-order chi connectivity index (χ1) is 8.27. The molecule has 0 spiro atoms. The van der Waals surface area contributed by atoms with Gasteiger partial charge < -0.3 is 10.6 Å². The summed E-state index contributed by atoms with van der Waals surface area (Å²) in [6.07, 6.45) is 5.17. The van der Waals surface area contributed by atoms with Gasteiger partial charge in [0.1, 0.15) is 0 Å². The molecule has 2 rings (SSSR count). The van der Waals surface area contributed by atoms with Crippen molar-refractivity contribution in [3.63, 3.8) is 0 Å². The van der Waals surface area contributed by atoms with Crippen molar-refractivity contribution in [1.82, 2.24) is 0 Å². The van der Waals surface area contributed by atoms with Crippen LogP contribution in [-0.2, 0) is 6.54 Å². The molecule has 1 aliphatic carbocycles. The Labute approximate surface area is 112 Å². The summed E-state index contributed by atoms with van der Waals surface area (Å²) in [5.74, 6) is 0. The zero-order valence-corrected chi connectivity index (χ0v) is 12.0. The summed E-state index contributed by atoms with van der Waals surface area (Å²) in [5.41, 5.74) is 8.46. The first-order valence-electron chi connectivity index (χ1n) is 6.52. The predicted octanol–water partition coefficient (Wildman–Crippen LogP) is 3.68. The molecule has 0 atom stereocenters. The molecule has 0 amide bonds. The molecule has 0 aromatic heterocycles. The average molecular weight is 297 g/mol. The number of nitrogens with zero attached hydrogens (tertiary/aromatic N) is 1. The summed E-state index contributed by atoms with van der Waals surface area (Å²) in [5, 5.41) is 0. The van der Waals surface area contributed by atoms with Gasteiger partial charge in [0.05, 0.1) is 0 Å². The second kappa shape index (κ2) is 5.87. The molecule has 1 aliphatic rings. The van der Waals surface area contributed by atoms with Gasteiger partial charge in [-0.1, -0.05) is 35.3 Å². The average Bonchev–Trinajstić information content (AvgIpc) is 3.14. The highest BCUT2D eigenvalue weighted by molar-refractivity contribution is 9.10. The molecule has 0 heterocycles. The van der Waals surface area contributed by atoms with Crippen molar-refractivity contribution in [2.75, 3.05) is 11.4 Å². The summed E-state index contributed by atoms with van der Waals surface area (Å²) < 4.78 is 1.14. The van der Waals surface area contributed by atoms with Crippen LogP contribution < -0.4 is 10.6 Å². The Hall–Kier alpha value is -0.540. The quantitative estimate of drug-likeness (QED) is 0.868. The van der Waals surface area contributed by atoms with Crippen LogP contribution in [0.4, 0.5) is 5.69 Å². The number of halogens is 1. The Morgan fingerprint density at radius 2 is 2.18 bits per heavy atom. The van der Waals surface area contributed by atoms with E-state index in [1.54, 1.807) is 0 Å². The summed E-state index contributed by atoms with van der Waals surface area (Å²) >= 11 is 3.61. The molecule has 0 saturated heterocycles. The van der Waals surface area contributed by atoms with Gasteiger partial charge in [-0.2, -0.15) is 0 Å². The van der Waals surface area contributed by atoms with Gasteiger partial charge in [-0.25, -0.2) is 0 Å². The van der Waals surface area contributed by atoms with E-state index in [0.717, 1.165) is 17.1 Å². The van der Waals surface area contributed by atoms with Crippen molar-refractivity contribution >= 4 is 21.6 Å². The van der Waals surface area contributed by atoms with E-state index in [9.17, 15) is 0 Å². The molecule has 0 unspecified atom stereocenters. The van der Waals surface area contributed by atoms with E-state index in [0.29, 0.717) is 6.54 Å². The highest BCUT2D eigenvalue weighted by atomic mass is 79.9. The third-order valence-corrected chi connectivity index (χ3v) is 4.09. The monoisotopic (exact) mass is 296 g/mol. The van der Waals surface area contributed by atoms with E-state index < -0.39 is 0 Å². The smallest absolute Gasteiger partial charge is 0.0425 e. The summed E-state index contributed by atoms with van der Waals surface area (Å²) in [7, 11) is 0. The van der Waals surface area contributed by atoms with Crippen molar-refractivity contribution < 1.29 is 0 Å². The zero-order chi connectivity index (χ0) is 12.3. The van der Waals surface area contributed by atoms with Crippen LogP contribution in [-0.4, -0.2) is 12.6 Å². The molecular weight excluding hydrogens is 276 g/mol. The van der Waals surface area contributed by atoms with Gasteiger partial charge in [0.15, 0.2) is 0 Å². The number of hydrogen-bond acceptors (Lipinski definition) is 2. The molecule has 0 radical (unpaired) electrons. The van der Waals surface area contributed by atoms with Gasteiger partial charge in [-0.15, -0.1) is 0 Å². The van der Waals surface area contributed by atoms with Gasteiger partial charge in [0, 0.05) is 34.9 Å². The van der Waals surface area contributed by atoms with E-state index in [4.69, 9.17) is 5.73 Å². The molecule has 0 aliphatic heterocycles. The van der Waals surface area contributed by atoms with E-state index in [-0.39, 0.29) is 0 Å². The lowest BCUT2D eigenvalue weighted by molar-refractivity contribution is 0.709. The molecule has 2 N–H and O–H groups in total. The largest absolute Gasteiger partial charge is 0.368 e. The summed E-state index contributed by atoms with van der Waals surface area (Å²) in [6, 6.07) is 7.15. The van der Waals surface area contributed by atoms with Crippen LogP contribution in [0.3, 0.4) is 0 Å². The fourth-order valence-electron chi connectivity index (χ4n) is 2.23. The minimum Gasteiger partial charge on any atom is -0.368 e. The van der Waals surface area contributed by atoms with Crippen LogP contribution in [0.25, 0.3) is 0 Å². The molecule has 1 aromatic carbocycles. The second-order valence-electron chi connectivity index (χ2n) is 4.72. The van der Waals surface area contributed by atoms with Crippen molar-refractivity contribution in [3.8, 4) is 0 Å². The lowest BCUT2D eigenvalue weighted by Gasteiger charge is -2.27. The molecular formula is C14H21BrN2. The van der Waals surface area contributed by atoms with Gasteiger partial charge in [-0.3, -0.25) is 0 Å². The van der Waals surface area contributed by atoms with Crippen molar-refractivity contribution in [1.29, 1.82) is 0 Å². The Bertz CT molecular complexity index is 374. The number of rotatable bonds is 6. The molecule has 1 fully saturated rings. The number of anilines is 1. The van der Waals surface area contributed by atoms with Crippen LogP contribution in [0.1, 0.15) is 38.2 Å². The Morgan fingerprint density at radius 3 is 2.76 bits per heavy atom. The second-order valence-corrected chi connectivity index (χ2v) is 5.57. The van der Waals surface area contributed by atoms with Gasteiger partial charge in [0.25, 0.3) is 0 Å². The summed E-state index contributed by atoms with van der Waals surface area (Å²) in [4.78, 5) is 2.55. The van der Waals surface area contributed by atoms with Crippen LogP contribution in [0.2, 0.25) is 0 Å². The molecule has 1 saturated carbocycles. The number of unbranched alkanes of at least 4 members (excludes halogenated alkanes) is 1. The minimum absolute atomic E-state index is 0.603. The number of hydrogen-bond donors (Lipinski definition) is 1. The Morgan fingerprint density at radius 1 is 1.41 bits per heavy atom. The lowest BCUT2D eigenvalue weighted by Crippen LogP contribution is -2.28. The van der Waals surface area contributed by atoms with Crippen LogP contribution >= 0.6 is 15.9 Å². The number of benzene rings is 1. The minimum atomic E-state index is 0.603. The third kappa shape index (κ3) is 3.02. The third-order valence-electron chi connectivity index (χ3n) is 3.35. The highest BCUT2D eigenvalue weighted by Crippen LogP contribution is 2.36. The maximum Gasteiger partial charge on any atom is 0.0425 e. The van der Waals surface area contributed by atoms with E-state index in [2.05, 4.69) is 46.0 Å². The van der Waals surface area contributed by atoms with E-state index in [1.165, 1.54) is 36.9 Å². The normalized spacial score (nSPS) is 15.0. The molecule has 0 bridgehead atoms. The van der Waals surface area contributed by atoms with Crippen LogP contribution in [0, 0.1) is 0 Å². The predicted molar refractivity (Wildman–Crippen MR) is 77.3 cm³/mol. The molecule has 17 heavy (non-hydrogen) atoms. The first kappa shape index (κ1) is 12.9. The fraction of sp³-hybridized carbons (Fsp3) is 0.571. The zero-order valence-electron chi connectivity index (χ0n) is 10.5. The fourth-order valence-corrected chi connectivity index (χ4v) is 2.75. The summed E-state index contributed by atoms with van der Waals surface area (Å²) in [6.45, 7) is 4.01. The van der Waals surface area contributed by atoms with Crippen LogP contribution in [0.15, 0.2) is 22.7 Å². The van der Waals surface area contributed by atoms with Gasteiger partial charge in [0.2, 0.25) is 0 Å². The van der Waals surface area contributed by atoms with E-state index in [1.807, 2.05) is 0 Å². The van der Waals surface area contributed by atoms with E-state index >= 15 is 0 Å². The van der Waals surface area contributed by atoms with Crippen LogP contribution in [0.5, 0.6) is 0 Å².